The molecule has 5 heteroatoms. The van der Waals surface area contributed by atoms with Crippen LogP contribution in [0.1, 0.15) is 24.8 Å². The van der Waals surface area contributed by atoms with Crippen LogP contribution in [0.2, 0.25) is 0 Å². The van der Waals surface area contributed by atoms with Gasteiger partial charge in [-0.1, -0.05) is 18.2 Å². The molecular weight excluding hydrogens is 278 g/mol. The number of para-hydroxylation sites is 1. The molecule has 2 aliphatic rings. The second kappa shape index (κ2) is 6.48. The van der Waals surface area contributed by atoms with Gasteiger partial charge in [-0.25, -0.2) is 0 Å². The number of piperidine rings is 1. The van der Waals surface area contributed by atoms with Crippen LogP contribution in [0.4, 0.5) is 5.69 Å². The van der Waals surface area contributed by atoms with Gasteiger partial charge >= 0.3 is 0 Å². The zero-order valence-electron chi connectivity index (χ0n) is 12.8. The number of primary amides is 1. The van der Waals surface area contributed by atoms with E-state index >= 15 is 0 Å². The Morgan fingerprint density at radius 2 is 1.86 bits per heavy atom. The number of carbonyl (C=O) groups is 2. The van der Waals surface area contributed by atoms with E-state index in [9.17, 15) is 9.59 Å². The summed E-state index contributed by atoms with van der Waals surface area (Å²) < 4.78 is 0. The van der Waals surface area contributed by atoms with Gasteiger partial charge in [0.15, 0.2) is 0 Å². The average molecular weight is 301 g/mol. The zero-order valence-corrected chi connectivity index (χ0v) is 12.8. The van der Waals surface area contributed by atoms with Crippen LogP contribution in [0, 0.1) is 5.92 Å². The Bertz CT molecular complexity index is 565. The van der Waals surface area contributed by atoms with Crippen LogP contribution < -0.4 is 10.6 Å². The molecule has 3 rings (SSSR count). The third-order valence-electron chi connectivity index (χ3n) is 4.82. The Labute approximate surface area is 131 Å². The molecule has 1 fully saturated rings. The van der Waals surface area contributed by atoms with E-state index in [2.05, 4.69) is 11.0 Å². The predicted octanol–water partition coefficient (Wildman–Crippen LogP) is 1.16. The number of rotatable bonds is 4. The first-order valence-corrected chi connectivity index (χ1v) is 8.05. The van der Waals surface area contributed by atoms with Crippen molar-refractivity contribution >= 4 is 17.5 Å². The SMILES string of the molecule is NC(=O)C1CCN(CCC(=O)N2CCc3ccccc32)CC1. The first-order valence-electron chi connectivity index (χ1n) is 8.05. The maximum absolute atomic E-state index is 12.4. The molecule has 1 saturated heterocycles. The highest BCUT2D eigenvalue weighted by Crippen LogP contribution is 2.28. The number of nitrogens with zero attached hydrogens (tertiary/aromatic N) is 2. The summed E-state index contributed by atoms with van der Waals surface area (Å²) >= 11 is 0. The van der Waals surface area contributed by atoms with Crippen LogP contribution in [0.3, 0.4) is 0 Å². The highest BCUT2D eigenvalue weighted by Gasteiger charge is 2.26. The molecule has 2 aliphatic heterocycles. The van der Waals surface area contributed by atoms with Gasteiger partial charge in [-0.3, -0.25) is 9.59 Å². The molecule has 22 heavy (non-hydrogen) atoms. The number of amides is 2. The lowest BCUT2D eigenvalue weighted by molar-refractivity contribution is -0.123. The lowest BCUT2D eigenvalue weighted by atomic mass is 9.96. The van der Waals surface area contributed by atoms with E-state index in [1.54, 1.807) is 0 Å². The summed E-state index contributed by atoms with van der Waals surface area (Å²) in [5.41, 5.74) is 7.68. The highest BCUT2D eigenvalue weighted by molar-refractivity contribution is 5.95. The lowest BCUT2D eigenvalue weighted by Gasteiger charge is -2.30. The molecule has 0 aromatic heterocycles. The molecule has 0 bridgehead atoms. The number of carbonyl (C=O) groups excluding carboxylic acids is 2. The first kappa shape index (κ1) is 15.0. The van der Waals surface area contributed by atoms with E-state index in [4.69, 9.17) is 5.73 Å². The van der Waals surface area contributed by atoms with Crippen molar-refractivity contribution in [2.45, 2.75) is 25.7 Å². The van der Waals surface area contributed by atoms with E-state index in [0.717, 1.165) is 51.1 Å². The molecular formula is C17H23N3O2. The largest absolute Gasteiger partial charge is 0.369 e. The number of benzene rings is 1. The van der Waals surface area contributed by atoms with E-state index in [0.29, 0.717) is 6.42 Å². The van der Waals surface area contributed by atoms with Gasteiger partial charge in [-0.15, -0.1) is 0 Å². The van der Waals surface area contributed by atoms with E-state index in [-0.39, 0.29) is 17.7 Å². The third-order valence-corrected chi connectivity index (χ3v) is 4.82. The van der Waals surface area contributed by atoms with Gasteiger partial charge < -0.3 is 15.5 Å². The second-order valence-electron chi connectivity index (χ2n) is 6.19. The molecule has 0 atom stereocenters. The standard InChI is InChI=1S/C17H23N3O2/c18-17(22)14-5-9-19(10-6-14)11-8-16(21)20-12-7-13-3-1-2-4-15(13)20/h1-4,14H,5-12H2,(H2,18,22). The van der Waals surface area contributed by atoms with E-state index in [1.165, 1.54) is 5.56 Å². The summed E-state index contributed by atoms with van der Waals surface area (Å²) in [5, 5.41) is 0. The van der Waals surface area contributed by atoms with Crippen LogP contribution in [-0.4, -0.2) is 42.9 Å². The topological polar surface area (TPSA) is 66.6 Å². The Hall–Kier alpha value is -1.88. The number of anilines is 1. The van der Waals surface area contributed by atoms with Crippen LogP contribution >= 0.6 is 0 Å². The van der Waals surface area contributed by atoms with Crippen LogP contribution in [0.25, 0.3) is 0 Å². The van der Waals surface area contributed by atoms with Gasteiger partial charge in [0.05, 0.1) is 0 Å². The Balaban J connectivity index is 1.49. The second-order valence-corrected chi connectivity index (χ2v) is 6.19. The average Bonchev–Trinajstić information content (AvgIpc) is 2.97. The Kier molecular flexibility index (Phi) is 4.43. The monoisotopic (exact) mass is 301 g/mol. The summed E-state index contributed by atoms with van der Waals surface area (Å²) in [6.07, 6.45) is 3.12. The predicted molar refractivity (Wildman–Crippen MR) is 85.5 cm³/mol. The fourth-order valence-electron chi connectivity index (χ4n) is 3.43. The molecule has 0 aliphatic carbocycles. The molecule has 5 nitrogen and oxygen atoms in total. The molecule has 0 spiro atoms. The van der Waals surface area contributed by atoms with Crippen molar-refractivity contribution in [1.82, 2.24) is 4.90 Å². The highest BCUT2D eigenvalue weighted by atomic mass is 16.2. The van der Waals surface area contributed by atoms with Crippen molar-refractivity contribution in [1.29, 1.82) is 0 Å². The molecule has 1 aromatic carbocycles. The number of nitrogens with two attached hydrogens (primary N) is 1. The fourth-order valence-corrected chi connectivity index (χ4v) is 3.43. The number of hydrogen-bond acceptors (Lipinski definition) is 3. The molecule has 0 unspecified atom stereocenters. The molecule has 2 N–H and O–H groups in total. The minimum atomic E-state index is -0.190. The van der Waals surface area contributed by atoms with E-state index < -0.39 is 0 Å². The molecule has 2 amide bonds. The fraction of sp³-hybridized carbons (Fsp3) is 0.529. The van der Waals surface area contributed by atoms with Gasteiger partial charge in [0.25, 0.3) is 0 Å². The summed E-state index contributed by atoms with van der Waals surface area (Å²) in [6, 6.07) is 8.13. The lowest BCUT2D eigenvalue weighted by Crippen LogP contribution is -2.40. The maximum atomic E-state index is 12.4. The van der Waals surface area contributed by atoms with Gasteiger partial charge in [-0.05, 0) is 44.0 Å². The zero-order chi connectivity index (χ0) is 15.5. The molecule has 0 radical (unpaired) electrons. The van der Waals surface area contributed by atoms with Gasteiger partial charge in [0.2, 0.25) is 11.8 Å². The van der Waals surface area contributed by atoms with Crippen molar-refractivity contribution in [2.75, 3.05) is 31.1 Å². The minimum Gasteiger partial charge on any atom is -0.369 e. The first-order chi connectivity index (χ1) is 10.6. The molecule has 118 valence electrons. The molecule has 0 saturated carbocycles. The van der Waals surface area contributed by atoms with Gasteiger partial charge in [0.1, 0.15) is 0 Å². The summed E-state index contributed by atoms with van der Waals surface area (Å²) in [4.78, 5) is 27.8. The van der Waals surface area contributed by atoms with Gasteiger partial charge in [-0.2, -0.15) is 0 Å². The van der Waals surface area contributed by atoms with Crippen LogP contribution in [0.15, 0.2) is 24.3 Å². The minimum absolute atomic E-state index is 0.0115. The normalized spacial score (nSPS) is 19.2. The summed E-state index contributed by atoms with van der Waals surface area (Å²) in [5.74, 6) is 0.0174. The van der Waals surface area contributed by atoms with E-state index in [1.807, 2.05) is 23.1 Å². The van der Waals surface area contributed by atoms with Crippen LogP contribution in [-0.2, 0) is 16.0 Å². The Morgan fingerprint density at radius 1 is 1.14 bits per heavy atom. The number of likely N-dealkylation sites (tertiary alicyclic amines) is 1. The summed E-state index contributed by atoms with van der Waals surface area (Å²) in [6.45, 7) is 3.28. The van der Waals surface area contributed by atoms with Crippen molar-refractivity contribution in [2.24, 2.45) is 11.7 Å². The smallest absolute Gasteiger partial charge is 0.228 e. The molecule has 1 aromatic rings. The summed E-state index contributed by atoms with van der Waals surface area (Å²) in [7, 11) is 0. The number of hydrogen-bond donors (Lipinski definition) is 1. The van der Waals surface area contributed by atoms with Gasteiger partial charge in [0, 0.05) is 31.1 Å². The molecule has 2 heterocycles. The Morgan fingerprint density at radius 3 is 2.59 bits per heavy atom. The van der Waals surface area contributed by atoms with Crippen molar-refractivity contribution < 1.29 is 9.59 Å². The van der Waals surface area contributed by atoms with Crippen molar-refractivity contribution in [3.63, 3.8) is 0 Å². The van der Waals surface area contributed by atoms with Crippen molar-refractivity contribution in [3.05, 3.63) is 29.8 Å². The third kappa shape index (κ3) is 3.14. The van der Waals surface area contributed by atoms with Crippen molar-refractivity contribution in [3.8, 4) is 0 Å². The van der Waals surface area contributed by atoms with Crippen LogP contribution in [0.5, 0.6) is 0 Å². The quantitative estimate of drug-likeness (QED) is 0.907. The maximum Gasteiger partial charge on any atom is 0.228 e. The number of fused-ring (bicyclic) bond motifs is 1.